The second-order valence-corrected chi connectivity index (χ2v) is 4.75. The molecular formula is C16H17N2O. The third-order valence-electron chi connectivity index (χ3n) is 3.56. The standard InChI is InChI=1S/C16H17N2O/c19-16-8-6-15(7-9-16)18-12-10-17(11-13-18)14-4-2-1-3-5-14/h2-9,19H,10-13H2. The third kappa shape index (κ3) is 2.65. The van der Waals surface area contributed by atoms with E-state index in [-0.39, 0.29) is 0 Å². The SMILES string of the molecule is Oc1ccc(N2CCN(c3cc[c]cc3)CC2)cc1. The number of hydrogen-bond acceptors (Lipinski definition) is 3. The van der Waals surface area contributed by atoms with Crippen LogP contribution in [0.5, 0.6) is 5.75 Å². The van der Waals surface area contributed by atoms with E-state index in [2.05, 4.69) is 28.0 Å². The number of aromatic hydroxyl groups is 1. The minimum absolute atomic E-state index is 0.322. The van der Waals surface area contributed by atoms with E-state index in [0.717, 1.165) is 26.2 Å². The van der Waals surface area contributed by atoms with Gasteiger partial charge >= 0.3 is 0 Å². The van der Waals surface area contributed by atoms with Gasteiger partial charge in [-0.15, -0.1) is 0 Å². The number of nitrogens with zero attached hydrogens (tertiary/aromatic N) is 2. The number of phenolic OH excluding ortho intramolecular Hbond substituents is 1. The molecule has 0 amide bonds. The Bertz CT molecular complexity index is 516. The molecule has 1 heterocycles. The Morgan fingerprint density at radius 1 is 0.737 bits per heavy atom. The van der Waals surface area contributed by atoms with Gasteiger partial charge in [-0.25, -0.2) is 0 Å². The first-order valence-corrected chi connectivity index (χ1v) is 6.58. The van der Waals surface area contributed by atoms with Crippen molar-refractivity contribution in [1.82, 2.24) is 0 Å². The summed E-state index contributed by atoms with van der Waals surface area (Å²) in [4.78, 5) is 4.75. The molecule has 0 unspecified atom stereocenters. The average molecular weight is 253 g/mol. The van der Waals surface area contributed by atoms with Gasteiger partial charge in [-0.3, -0.25) is 0 Å². The molecule has 0 bridgehead atoms. The number of anilines is 2. The molecule has 3 heteroatoms. The first kappa shape index (κ1) is 11.9. The van der Waals surface area contributed by atoms with Crippen molar-refractivity contribution >= 4 is 11.4 Å². The van der Waals surface area contributed by atoms with Gasteiger partial charge in [-0.1, -0.05) is 12.1 Å². The molecule has 0 spiro atoms. The summed E-state index contributed by atoms with van der Waals surface area (Å²) in [5.41, 5.74) is 2.45. The van der Waals surface area contributed by atoms with E-state index in [1.54, 1.807) is 12.1 Å². The largest absolute Gasteiger partial charge is 0.508 e. The van der Waals surface area contributed by atoms with Crippen molar-refractivity contribution in [2.75, 3.05) is 36.0 Å². The molecule has 1 aliphatic rings. The van der Waals surface area contributed by atoms with Gasteiger partial charge in [0.25, 0.3) is 0 Å². The van der Waals surface area contributed by atoms with Crippen LogP contribution in [0.15, 0.2) is 48.5 Å². The predicted molar refractivity (Wildman–Crippen MR) is 77.8 cm³/mol. The van der Waals surface area contributed by atoms with Gasteiger partial charge in [0.15, 0.2) is 0 Å². The van der Waals surface area contributed by atoms with Gasteiger partial charge in [0, 0.05) is 37.6 Å². The molecule has 1 N–H and O–H groups in total. The van der Waals surface area contributed by atoms with Gasteiger partial charge in [0.2, 0.25) is 0 Å². The van der Waals surface area contributed by atoms with E-state index in [0.29, 0.717) is 5.75 Å². The van der Waals surface area contributed by atoms with Gasteiger partial charge in [-0.05, 0) is 42.5 Å². The van der Waals surface area contributed by atoms with Crippen molar-refractivity contribution in [2.24, 2.45) is 0 Å². The lowest BCUT2D eigenvalue weighted by Gasteiger charge is -2.37. The Morgan fingerprint density at radius 3 is 1.74 bits per heavy atom. The topological polar surface area (TPSA) is 26.7 Å². The molecule has 0 aliphatic carbocycles. The van der Waals surface area contributed by atoms with Crippen LogP contribution in [0.4, 0.5) is 11.4 Å². The van der Waals surface area contributed by atoms with Crippen LogP contribution in [-0.2, 0) is 0 Å². The summed E-state index contributed by atoms with van der Waals surface area (Å²) in [6.45, 7) is 4.04. The fraction of sp³-hybridized carbons (Fsp3) is 0.250. The van der Waals surface area contributed by atoms with Crippen LogP contribution in [0.25, 0.3) is 0 Å². The molecule has 97 valence electrons. The van der Waals surface area contributed by atoms with Crippen LogP contribution in [0.3, 0.4) is 0 Å². The van der Waals surface area contributed by atoms with Crippen LogP contribution >= 0.6 is 0 Å². The van der Waals surface area contributed by atoms with Crippen molar-refractivity contribution < 1.29 is 5.11 Å². The number of phenols is 1. The van der Waals surface area contributed by atoms with Gasteiger partial charge in [0.1, 0.15) is 5.75 Å². The summed E-state index contributed by atoms with van der Waals surface area (Å²) in [6, 6.07) is 18.6. The Morgan fingerprint density at radius 2 is 1.21 bits per heavy atom. The molecule has 2 aromatic carbocycles. The van der Waals surface area contributed by atoms with E-state index >= 15 is 0 Å². The summed E-state index contributed by atoms with van der Waals surface area (Å²) in [5.74, 6) is 0.322. The molecule has 1 saturated heterocycles. The highest BCUT2D eigenvalue weighted by atomic mass is 16.3. The molecule has 0 aromatic heterocycles. The molecule has 1 aliphatic heterocycles. The fourth-order valence-electron chi connectivity index (χ4n) is 2.48. The maximum Gasteiger partial charge on any atom is 0.115 e. The zero-order chi connectivity index (χ0) is 13.1. The van der Waals surface area contributed by atoms with Gasteiger partial charge < -0.3 is 14.9 Å². The molecule has 1 fully saturated rings. The summed E-state index contributed by atoms with van der Waals surface area (Å²) in [6.07, 6.45) is 0. The minimum Gasteiger partial charge on any atom is -0.508 e. The highest BCUT2D eigenvalue weighted by Gasteiger charge is 2.17. The molecule has 0 atom stereocenters. The number of hydrogen-bond donors (Lipinski definition) is 1. The summed E-state index contributed by atoms with van der Waals surface area (Å²) in [7, 11) is 0. The number of piperazine rings is 1. The monoisotopic (exact) mass is 253 g/mol. The normalized spacial score (nSPS) is 15.6. The van der Waals surface area contributed by atoms with Crippen molar-refractivity contribution in [3.8, 4) is 5.75 Å². The second-order valence-electron chi connectivity index (χ2n) is 4.75. The van der Waals surface area contributed by atoms with E-state index in [1.165, 1.54) is 11.4 Å². The van der Waals surface area contributed by atoms with E-state index in [9.17, 15) is 5.11 Å². The molecule has 3 nitrogen and oxygen atoms in total. The number of benzene rings is 2. The smallest absolute Gasteiger partial charge is 0.115 e. The van der Waals surface area contributed by atoms with Crippen LogP contribution in [0, 0.1) is 6.07 Å². The van der Waals surface area contributed by atoms with Crippen LogP contribution in [0.1, 0.15) is 0 Å². The predicted octanol–water partition coefficient (Wildman–Crippen LogP) is 2.52. The first-order valence-electron chi connectivity index (χ1n) is 6.58. The zero-order valence-corrected chi connectivity index (χ0v) is 10.8. The maximum atomic E-state index is 9.32. The molecule has 19 heavy (non-hydrogen) atoms. The fourth-order valence-corrected chi connectivity index (χ4v) is 2.48. The summed E-state index contributed by atoms with van der Waals surface area (Å²) in [5, 5.41) is 9.32. The average Bonchev–Trinajstić information content (AvgIpc) is 2.49. The lowest BCUT2D eigenvalue weighted by Crippen LogP contribution is -2.46. The summed E-state index contributed by atoms with van der Waals surface area (Å²) >= 11 is 0. The second kappa shape index (κ2) is 5.22. The third-order valence-corrected chi connectivity index (χ3v) is 3.56. The highest BCUT2D eigenvalue weighted by Crippen LogP contribution is 2.22. The highest BCUT2D eigenvalue weighted by molar-refractivity contribution is 5.52. The van der Waals surface area contributed by atoms with Gasteiger partial charge in [0.05, 0.1) is 0 Å². The van der Waals surface area contributed by atoms with Crippen molar-refractivity contribution in [3.05, 3.63) is 54.6 Å². The van der Waals surface area contributed by atoms with E-state index in [1.807, 2.05) is 24.3 Å². The van der Waals surface area contributed by atoms with Crippen molar-refractivity contribution in [1.29, 1.82) is 0 Å². The molecule has 0 saturated carbocycles. The Balaban J connectivity index is 1.65. The van der Waals surface area contributed by atoms with E-state index < -0.39 is 0 Å². The lowest BCUT2D eigenvalue weighted by molar-refractivity contribution is 0.475. The Hall–Kier alpha value is -2.16. The lowest BCUT2D eigenvalue weighted by atomic mass is 10.2. The number of rotatable bonds is 2. The Kier molecular flexibility index (Phi) is 3.27. The first-order chi connectivity index (χ1) is 9.33. The van der Waals surface area contributed by atoms with Crippen LogP contribution in [-0.4, -0.2) is 31.3 Å². The van der Waals surface area contributed by atoms with Gasteiger partial charge in [-0.2, -0.15) is 0 Å². The molecule has 3 rings (SSSR count). The Labute approximate surface area is 113 Å². The van der Waals surface area contributed by atoms with Crippen LogP contribution in [0.2, 0.25) is 0 Å². The molecule has 1 radical (unpaired) electrons. The zero-order valence-electron chi connectivity index (χ0n) is 10.8. The molecular weight excluding hydrogens is 236 g/mol. The minimum atomic E-state index is 0.322. The van der Waals surface area contributed by atoms with Crippen molar-refractivity contribution in [3.63, 3.8) is 0 Å². The summed E-state index contributed by atoms with van der Waals surface area (Å²) < 4.78 is 0. The molecule has 2 aromatic rings. The van der Waals surface area contributed by atoms with Crippen molar-refractivity contribution in [2.45, 2.75) is 0 Å². The quantitative estimate of drug-likeness (QED) is 0.891. The maximum absolute atomic E-state index is 9.32. The van der Waals surface area contributed by atoms with E-state index in [4.69, 9.17) is 0 Å². The van der Waals surface area contributed by atoms with Crippen LogP contribution < -0.4 is 9.80 Å².